The van der Waals surface area contributed by atoms with Crippen LogP contribution in [0.1, 0.15) is 22.8 Å². The lowest BCUT2D eigenvalue weighted by Gasteiger charge is -2.21. The van der Waals surface area contributed by atoms with E-state index in [0.29, 0.717) is 17.9 Å². The molecule has 0 aliphatic heterocycles. The van der Waals surface area contributed by atoms with Gasteiger partial charge in [0.1, 0.15) is 5.82 Å². The lowest BCUT2D eigenvalue weighted by Crippen LogP contribution is -2.23. The average molecular weight is 389 g/mol. The molecule has 0 saturated carbocycles. The van der Waals surface area contributed by atoms with Crippen LogP contribution in [0.15, 0.2) is 24.3 Å². The minimum Gasteiger partial charge on any atom is -0.351 e. The molecule has 3 heterocycles. The molecular formula is C18H18F3N7. The van der Waals surface area contributed by atoms with Crippen molar-refractivity contribution < 1.29 is 13.2 Å². The summed E-state index contributed by atoms with van der Waals surface area (Å²) in [5.41, 5.74) is 3.30. The lowest BCUT2D eigenvalue weighted by molar-refractivity contribution is -0.146. The van der Waals surface area contributed by atoms with Gasteiger partial charge in [-0.2, -0.15) is 17.7 Å². The predicted molar refractivity (Wildman–Crippen MR) is 98.1 cm³/mol. The Morgan fingerprint density at radius 2 is 1.79 bits per heavy atom. The Balaban J connectivity index is 1.79. The molecule has 0 N–H and O–H groups in total. The molecule has 4 aromatic rings. The molecule has 1 aromatic carbocycles. The van der Waals surface area contributed by atoms with Crippen LogP contribution < -0.4 is 4.90 Å². The number of para-hydroxylation sites is 2. The predicted octanol–water partition coefficient (Wildman–Crippen LogP) is 3.28. The van der Waals surface area contributed by atoms with E-state index in [4.69, 9.17) is 0 Å². The summed E-state index contributed by atoms with van der Waals surface area (Å²) in [6.45, 7) is 3.91. The second-order valence-electron chi connectivity index (χ2n) is 6.76. The van der Waals surface area contributed by atoms with E-state index in [2.05, 4.69) is 20.3 Å². The molecule has 0 saturated heterocycles. The number of aromatic nitrogens is 6. The fourth-order valence-electron chi connectivity index (χ4n) is 3.28. The molecule has 0 fully saturated rings. The number of fused-ring (bicyclic) bond motifs is 2. The lowest BCUT2D eigenvalue weighted by atomic mass is 10.2. The maximum atomic E-state index is 13.2. The number of imidazole rings is 1. The molecule has 0 radical (unpaired) electrons. The van der Waals surface area contributed by atoms with Crippen molar-refractivity contribution in [3.8, 4) is 0 Å². The highest BCUT2D eigenvalue weighted by Gasteiger charge is 2.38. The van der Waals surface area contributed by atoms with Crippen LogP contribution in [0.25, 0.3) is 16.7 Å². The van der Waals surface area contributed by atoms with Crippen LogP contribution in [-0.4, -0.2) is 36.4 Å². The SMILES string of the molecule is Cc1c(N(C)Cc2nc3ccccc3n2C)nn2c(C(F)(F)F)nnc2c1C. The van der Waals surface area contributed by atoms with Gasteiger partial charge in [0, 0.05) is 25.2 Å². The molecule has 0 bridgehead atoms. The first-order valence-corrected chi connectivity index (χ1v) is 8.59. The van der Waals surface area contributed by atoms with Gasteiger partial charge in [0.05, 0.1) is 17.6 Å². The molecule has 0 amide bonds. The van der Waals surface area contributed by atoms with Crippen molar-refractivity contribution in [1.29, 1.82) is 0 Å². The molecule has 7 nitrogen and oxygen atoms in total. The van der Waals surface area contributed by atoms with Crippen LogP contribution in [0.4, 0.5) is 19.0 Å². The van der Waals surface area contributed by atoms with Gasteiger partial charge in [0.2, 0.25) is 0 Å². The molecule has 10 heteroatoms. The van der Waals surface area contributed by atoms with Crippen LogP contribution in [0, 0.1) is 13.8 Å². The first-order valence-electron chi connectivity index (χ1n) is 8.59. The van der Waals surface area contributed by atoms with Crippen molar-refractivity contribution in [1.82, 2.24) is 29.4 Å². The van der Waals surface area contributed by atoms with Crippen molar-refractivity contribution >= 4 is 22.5 Å². The Morgan fingerprint density at radius 3 is 2.46 bits per heavy atom. The van der Waals surface area contributed by atoms with E-state index in [9.17, 15) is 13.2 Å². The Kier molecular flexibility index (Phi) is 4.02. The summed E-state index contributed by atoms with van der Waals surface area (Å²) in [4.78, 5) is 6.40. The summed E-state index contributed by atoms with van der Waals surface area (Å²) in [5, 5.41) is 11.2. The third-order valence-electron chi connectivity index (χ3n) is 4.94. The monoisotopic (exact) mass is 389 g/mol. The van der Waals surface area contributed by atoms with Gasteiger partial charge in [-0.1, -0.05) is 12.1 Å². The molecule has 0 aliphatic carbocycles. The molecule has 146 valence electrons. The number of hydrogen-bond donors (Lipinski definition) is 0. The van der Waals surface area contributed by atoms with E-state index < -0.39 is 12.0 Å². The Bertz CT molecular complexity index is 1190. The third kappa shape index (κ3) is 2.76. The Morgan fingerprint density at radius 1 is 1.07 bits per heavy atom. The number of benzene rings is 1. The normalized spacial score (nSPS) is 12.2. The second kappa shape index (κ2) is 6.18. The highest BCUT2D eigenvalue weighted by atomic mass is 19.4. The number of anilines is 1. The van der Waals surface area contributed by atoms with Crippen molar-refractivity contribution in [3.05, 3.63) is 47.0 Å². The van der Waals surface area contributed by atoms with Gasteiger partial charge in [0.25, 0.3) is 5.82 Å². The molecule has 0 spiro atoms. The number of hydrogen-bond acceptors (Lipinski definition) is 5. The molecule has 3 aromatic heterocycles. The van der Waals surface area contributed by atoms with Crippen LogP contribution in [0.3, 0.4) is 0 Å². The Hall–Kier alpha value is -3.17. The summed E-state index contributed by atoms with van der Waals surface area (Å²) < 4.78 is 42.5. The van der Waals surface area contributed by atoms with Gasteiger partial charge in [0.15, 0.2) is 11.5 Å². The molecule has 0 unspecified atom stereocenters. The quantitative estimate of drug-likeness (QED) is 0.538. The van der Waals surface area contributed by atoms with Gasteiger partial charge in [-0.05, 0) is 26.0 Å². The third-order valence-corrected chi connectivity index (χ3v) is 4.94. The summed E-state index contributed by atoms with van der Waals surface area (Å²) in [6.07, 6.45) is -4.64. The van der Waals surface area contributed by atoms with Gasteiger partial charge in [-0.3, -0.25) is 0 Å². The van der Waals surface area contributed by atoms with Crippen molar-refractivity contribution in [2.45, 2.75) is 26.6 Å². The minimum atomic E-state index is -4.64. The maximum absolute atomic E-state index is 13.2. The molecule has 0 aliphatic rings. The van der Waals surface area contributed by atoms with Gasteiger partial charge in [-0.25, -0.2) is 4.98 Å². The number of rotatable bonds is 3. The van der Waals surface area contributed by atoms with Crippen molar-refractivity contribution in [2.24, 2.45) is 7.05 Å². The number of halogens is 3. The van der Waals surface area contributed by atoms with E-state index in [1.807, 2.05) is 42.8 Å². The maximum Gasteiger partial charge on any atom is 0.453 e. The zero-order chi connectivity index (χ0) is 20.2. The highest BCUT2D eigenvalue weighted by molar-refractivity contribution is 5.75. The number of alkyl halides is 3. The van der Waals surface area contributed by atoms with Crippen LogP contribution in [0.5, 0.6) is 0 Å². The van der Waals surface area contributed by atoms with Gasteiger partial charge >= 0.3 is 6.18 Å². The van der Waals surface area contributed by atoms with Gasteiger partial charge < -0.3 is 9.47 Å². The van der Waals surface area contributed by atoms with E-state index in [0.717, 1.165) is 26.9 Å². The topological polar surface area (TPSA) is 64.1 Å². The summed E-state index contributed by atoms with van der Waals surface area (Å²) in [5.74, 6) is 0.0628. The Labute approximate surface area is 158 Å². The first kappa shape index (κ1) is 18.2. The largest absolute Gasteiger partial charge is 0.453 e. The minimum absolute atomic E-state index is 0.102. The number of aryl methyl sites for hydroxylation is 2. The zero-order valence-corrected chi connectivity index (χ0v) is 15.8. The highest BCUT2D eigenvalue weighted by Crippen LogP contribution is 2.30. The van der Waals surface area contributed by atoms with E-state index in [1.165, 1.54) is 0 Å². The molecular weight excluding hydrogens is 371 g/mol. The molecule has 28 heavy (non-hydrogen) atoms. The van der Waals surface area contributed by atoms with Gasteiger partial charge in [-0.15, -0.1) is 15.3 Å². The first-order chi connectivity index (χ1) is 13.2. The van der Waals surface area contributed by atoms with Crippen molar-refractivity contribution in [3.63, 3.8) is 0 Å². The molecule has 4 rings (SSSR count). The smallest absolute Gasteiger partial charge is 0.351 e. The fraction of sp³-hybridized carbons (Fsp3) is 0.333. The van der Waals surface area contributed by atoms with E-state index in [1.54, 1.807) is 18.9 Å². The zero-order valence-electron chi connectivity index (χ0n) is 15.8. The standard InChI is InChI=1S/C18H18F3N7/c1-10-11(2)16(25-28-15(10)23-24-17(28)18(19,20)21)26(3)9-14-22-12-7-5-6-8-13(12)27(14)4/h5-8H,9H2,1-4H3. The molecule has 0 atom stereocenters. The van der Waals surface area contributed by atoms with E-state index >= 15 is 0 Å². The van der Waals surface area contributed by atoms with E-state index in [-0.39, 0.29) is 5.65 Å². The van der Waals surface area contributed by atoms with Crippen LogP contribution in [0.2, 0.25) is 0 Å². The second-order valence-corrected chi connectivity index (χ2v) is 6.76. The fourth-order valence-corrected chi connectivity index (χ4v) is 3.28. The number of nitrogens with zero attached hydrogens (tertiary/aromatic N) is 7. The summed E-state index contributed by atoms with van der Waals surface area (Å²) in [6, 6.07) is 7.74. The average Bonchev–Trinajstić information content (AvgIpc) is 3.20. The van der Waals surface area contributed by atoms with Crippen LogP contribution in [-0.2, 0) is 19.8 Å². The van der Waals surface area contributed by atoms with Crippen molar-refractivity contribution in [2.75, 3.05) is 11.9 Å². The van der Waals surface area contributed by atoms with Crippen LogP contribution >= 0.6 is 0 Å². The summed E-state index contributed by atoms with van der Waals surface area (Å²) >= 11 is 0. The summed E-state index contributed by atoms with van der Waals surface area (Å²) in [7, 11) is 3.69.